The Morgan fingerprint density at radius 3 is 2.95 bits per heavy atom. The van der Waals surface area contributed by atoms with Gasteiger partial charge < -0.3 is 9.47 Å². The van der Waals surface area contributed by atoms with Crippen molar-refractivity contribution in [3.63, 3.8) is 0 Å². The van der Waals surface area contributed by atoms with Crippen molar-refractivity contribution in [1.29, 1.82) is 0 Å². The molecule has 1 unspecified atom stereocenters. The topological polar surface area (TPSA) is 34.0 Å². The minimum atomic E-state index is 0.592. The summed E-state index contributed by atoms with van der Waals surface area (Å²) in [4.78, 5) is 12.0. The molecule has 0 N–H and O–H groups in total. The summed E-state index contributed by atoms with van der Waals surface area (Å²) >= 11 is 0. The van der Waals surface area contributed by atoms with Crippen molar-refractivity contribution in [2.24, 2.45) is 0 Å². The van der Waals surface area contributed by atoms with E-state index in [1.807, 2.05) is 12.3 Å². The normalized spacial score (nSPS) is 24.4. The first-order valence-corrected chi connectivity index (χ1v) is 7.42. The molecular weight excluding hydrogens is 236 g/mol. The van der Waals surface area contributed by atoms with E-state index >= 15 is 0 Å². The SMILES string of the molecule is CCN1CCC(c2nc3cccnc3n2C2CC2)C1. The van der Waals surface area contributed by atoms with Gasteiger partial charge in [0.25, 0.3) is 0 Å². The van der Waals surface area contributed by atoms with Gasteiger partial charge in [0.05, 0.1) is 0 Å². The Kier molecular flexibility index (Phi) is 2.58. The third kappa shape index (κ3) is 1.86. The molecule has 2 aromatic heterocycles. The number of likely N-dealkylation sites (N-methyl/N-ethyl adjacent to an activating group) is 1. The van der Waals surface area contributed by atoms with Crippen LogP contribution in [0.5, 0.6) is 0 Å². The third-order valence-electron chi connectivity index (χ3n) is 4.47. The lowest BCUT2D eigenvalue weighted by atomic mass is 10.1. The number of rotatable bonds is 3. The minimum absolute atomic E-state index is 0.592. The summed E-state index contributed by atoms with van der Waals surface area (Å²) in [6, 6.07) is 4.74. The summed E-state index contributed by atoms with van der Waals surface area (Å²) in [6.45, 7) is 5.77. The van der Waals surface area contributed by atoms with Crippen molar-refractivity contribution >= 4 is 11.2 Å². The summed E-state index contributed by atoms with van der Waals surface area (Å²) in [6.07, 6.45) is 5.71. The number of imidazole rings is 1. The van der Waals surface area contributed by atoms with Crippen molar-refractivity contribution in [2.75, 3.05) is 19.6 Å². The van der Waals surface area contributed by atoms with Crippen molar-refractivity contribution in [3.8, 4) is 0 Å². The lowest BCUT2D eigenvalue weighted by Crippen LogP contribution is -2.20. The molecule has 0 amide bonds. The highest BCUT2D eigenvalue weighted by atomic mass is 15.2. The van der Waals surface area contributed by atoms with Crippen LogP contribution in [-0.4, -0.2) is 39.1 Å². The van der Waals surface area contributed by atoms with Crippen molar-refractivity contribution < 1.29 is 0 Å². The van der Waals surface area contributed by atoms with Crippen LogP contribution in [0.1, 0.15) is 44.0 Å². The first-order chi connectivity index (χ1) is 9.36. The zero-order chi connectivity index (χ0) is 12.8. The molecule has 0 spiro atoms. The van der Waals surface area contributed by atoms with Crippen LogP contribution in [0, 0.1) is 0 Å². The van der Waals surface area contributed by atoms with Gasteiger partial charge in [0.1, 0.15) is 11.3 Å². The molecule has 4 heteroatoms. The predicted molar refractivity (Wildman–Crippen MR) is 75.3 cm³/mol. The van der Waals surface area contributed by atoms with Gasteiger partial charge >= 0.3 is 0 Å². The summed E-state index contributed by atoms with van der Waals surface area (Å²) in [5.41, 5.74) is 2.16. The number of nitrogens with zero attached hydrogens (tertiary/aromatic N) is 4. The zero-order valence-corrected chi connectivity index (χ0v) is 11.4. The second kappa shape index (κ2) is 4.30. The van der Waals surface area contributed by atoms with Crippen LogP contribution in [0.4, 0.5) is 0 Å². The second-order valence-corrected chi connectivity index (χ2v) is 5.80. The quantitative estimate of drug-likeness (QED) is 0.846. The number of aromatic nitrogens is 3. The van der Waals surface area contributed by atoms with Crippen LogP contribution in [0.3, 0.4) is 0 Å². The van der Waals surface area contributed by atoms with Gasteiger partial charge in [0.15, 0.2) is 5.65 Å². The molecule has 1 aliphatic carbocycles. The maximum atomic E-state index is 4.90. The van der Waals surface area contributed by atoms with Crippen molar-refractivity contribution in [1.82, 2.24) is 19.4 Å². The van der Waals surface area contributed by atoms with Crippen molar-refractivity contribution in [2.45, 2.75) is 38.1 Å². The second-order valence-electron chi connectivity index (χ2n) is 5.80. The standard InChI is InChI=1S/C15H20N4/c1-2-18-9-7-11(10-18)14-17-13-4-3-8-16-15(13)19(14)12-5-6-12/h3-4,8,11-12H,2,5-7,9-10H2,1H3. The predicted octanol–water partition coefficient (Wildman–Crippen LogP) is 2.58. The van der Waals surface area contributed by atoms with Gasteiger partial charge in [-0.05, 0) is 44.5 Å². The molecule has 2 aromatic rings. The van der Waals surface area contributed by atoms with E-state index in [9.17, 15) is 0 Å². The van der Waals surface area contributed by atoms with E-state index in [2.05, 4.69) is 27.4 Å². The molecule has 1 saturated carbocycles. The summed E-state index contributed by atoms with van der Waals surface area (Å²) in [7, 11) is 0. The Labute approximate surface area is 113 Å². The molecule has 0 bridgehead atoms. The van der Waals surface area contributed by atoms with Crippen LogP contribution in [0.2, 0.25) is 0 Å². The Balaban J connectivity index is 1.78. The van der Waals surface area contributed by atoms with Gasteiger partial charge in [-0.1, -0.05) is 6.92 Å². The number of likely N-dealkylation sites (tertiary alicyclic amines) is 1. The first kappa shape index (κ1) is 11.4. The van der Waals surface area contributed by atoms with E-state index in [1.54, 1.807) is 0 Å². The number of fused-ring (bicyclic) bond motifs is 1. The highest BCUT2D eigenvalue weighted by Crippen LogP contribution is 2.41. The van der Waals surface area contributed by atoms with Crippen LogP contribution >= 0.6 is 0 Å². The Morgan fingerprint density at radius 2 is 2.21 bits per heavy atom. The molecule has 1 saturated heterocycles. The molecule has 4 rings (SSSR count). The zero-order valence-electron chi connectivity index (χ0n) is 11.4. The molecule has 0 radical (unpaired) electrons. The molecule has 2 aliphatic rings. The monoisotopic (exact) mass is 256 g/mol. The number of hydrogen-bond donors (Lipinski definition) is 0. The Bertz CT molecular complexity index is 599. The smallest absolute Gasteiger partial charge is 0.160 e. The lowest BCUT2D eigenvalue weighted by Gasteiger charge is -2.14. The fraction of sp³-hybridized carbons (Fsp3) is 0.600. The van der Waals surface area contributed by atoms with Crippen LogP contribution in [-0.2, 0) is 0 Å². The molecular formula is C15H20N4. The van der Waals surface area contributed by atoms with E-state index in [1.165, 1.54) is 31.6 Å². The largest absolute Gasteiger partial charge is 0.309 e. The summed E-state index contributed by atoms with van der Waals surface area (Å²) in [5.74, 6) is 1.88. The Hall–Kier alpha value is -1.42. The van der Waals surface area contributed by atoms with E-state index in [0.29, 0.717) is 12.0 Å². The highest BCUT2D eigenvalue weighted by Gasteiger charge is 2.33. The molecule has 3 heterocycles. The highest BCUT2D eigenvalue weighted by molar-refractivity contribution is 5.71. The fourth-order valence-corrected chi connectivity index (χ4v) is 3.26. The van der Waals surface area contributed by atoms with Gasteiger partial charge in [-0.25, -0.2) is 9.97 Å². The molecule has 1 atom stereocenters. The van der Waals surface area contributed by atoms with E-state index in [4.69, 9.17) is 4.98 Å². The van der Waals surface area contributed by atoms with Gasteiger partial charge in [0.2, 0.25) is 0 Å². The molecule has 2 fully saturated rings. The summed E-state index contributed by atoms with van der Waals surface area (Å²) < 4.78 is 2.43. The van der Waals surface area contributed by atoms with Gasteiger partial charge in [-0.3, -0.25) is 0 Å². The van der Waals surface area contributed by atoms with Gasteiger partial charge in [-0.2, -0.15) is 0 Å². The average Bonchev–Trinajstić information content (AvgIpc) is 3.05. The summed E-state index contributed by atoms with van der Waals surface area (Å²) in [5, 5.41) is 0. The van der Waals surface area contributed by atoms with E-state index in [0.717, 1.165) is 24.3 Å². The average molecular weight is 256 g/mol. The maximum absolute atomic E-state index is 4.90. The van der Waals surface area contributed by atoms with Crippen LogP contribution < -0.4 is 0 Å². The molecule has 100 valence electrons. The fourth-order valence-electron chi connectivity index (χ4n) is 3.26. The van der Waals surface area contributed by atoms with E-state index in [-0.39, 0.29) is 0 Å². The third-order valence-corrected chi connectivity index (χ3v) is 4.47. The molecule has 19 heavy (non-hydrogen) atoms. The first-order valence-electron chi connectivity index (χ1n) is 7.42. The lowest BCUT2D eigenvalue weighted by molar-refractivity contribution is 0.351. The van der Waals surface area contributed by atoms with E-state index < -0.39 is 0 Å². The minimum Gasteiger partial charge on any atom is -0.309 e. The van der Waals surface area contributed by atoms with Crippen LogP contribution in [0.15, 0.2) is 18.3 Å². The van der Waals surface area contributed by atoms with Gasteiger partial charge in [0, 0.05) is 24.7 Å². The van der Waals surface area contributed by atoms with Crippen LogP contribution in [0.25, 0.3) is 11.2 Å². The molecule has 4 nitrogen and oxygen atoms in total. The maximum Gasteiger partial charge on any atom is 0.160 e. The number of pyridine rings is 1. The van der Waals surface area contributed by atoms with Crippen molar-refractivity contribution in [3.05, 3.63) is 24.2 Å². The molecule has 1 aliphatic heterocycles. The number of hydrogen-bond acceptors (Lipinski definition) is 3. The Morgan fingerprint density at radius 1 is 1.32 bits per heavy atom. The molecule has 0 aromatic carbocycles. The van der Waals surface area contributed by atoms with Gasteiger partial charge in [-0.15, -0.1) is 0 Å².